The lowest BCUT2D eigenvalue weighted by atomic mass is 10.1. The van der Waals surface area contributed by atoms with Crippen LogP contribution in [0.4, 0.5) is 13.2 Å². The van der Waals surface area contributed by atoms with Crippen molar-refractivity contribution in [3.05, 3.63) is 94.9 Å². The van der Waals surface area contributed by atoms with E-state index in [9.17, 15) is 18.0 Å². The van der Waals surface area contributed by atoms with E-state index in [0.717, 1.165) is 23.4 Å². The van der Waals surface area contributed by atoms with E-state index >= 15 is 0 Å². The minimum Gasteiger partial charge on any atom is -0.488 e. The van der Waals surface area contributed by atoms with Gasteiger partial charge in [0.05, 0.1) is 17.7 Å². The van der Waals surface area contributed by atoms with Gasteiger partial charge in [-0.05, 0) is 36.8 Å². The average molecular weight is 440 g/mol. The summed E-state index contributed by atoms with van der Waals surface area (Å²) in [7, 11) is 0. The molecule has 32 heavy (non-hydrogen) atoms. The van der Waals surface area contributed by atoms with Gasteiger partial charge in [0, 0.05) is 6.20 Å². The summed E-state index contributed by atoms with van der Waals surface area (Å²) in [4.78, 5) is 12.8. The van der Waals surface area contributed by atoms with E-state index in [1.165, 1.54) is 10.5 Å². The Morgan fingerprint density at radius 2 is 1.88 bits per heavy atom. The Kier molecular flexibility index (Phi) is 5.81. The molecule has 0 aliphatic heterocycles. The van der Waals surface area contributed by atoms with Gasteiger partial charge in [0.25, 0.3) is 5.91 Å². The van der Waals surface area contributed by atoms with Crippen molar-refractivity contribution >= 4 is 11.6 Å². The lowest BCUT2D eigenvalue weighted by Crippen LogP contribution is -2.24. The Morgan fingerprint density at radius 1 is 1.06 bits per heavy atom. The van der Waals surface area contributed by atoms with Gasteiger partial charge < -0.3 is 10.1 Å². The molecule has 2 aromatic heterocycles. The molecule has 0 unspecified atom stereocenters. The molecule has 0 fully saturated rings. The molecule has 0 bridgehead atoms. The number of amides is 1. The molecule has 0 aliphatic rings. The van der Waals surface area contributed by atoms with Crippen molar-refractivity contribution in [2.24, 2.45) is 0 Å². The molecular weight excluding hydrogens is 421 g/mol. The molecule has 9 heteroatoms. The summed E-state index contributed by atoms with van der Waals surface area (Å²) in [5.74, 6) is 0.142. The number of pyridine rings is 1. The molecule has 0 atom stereocenters. The number of ether oxygens (including phenoxy) is 1. The second-order valence-corrected chi connectivity index (χ2v) is 7.22. The first-order chi connectivity index (χ1) is 15.3. The highest BCUT2D eigenvalue weighted by Gasteiger charge is 2.31. The van der Waals surface area contributed by atoms with E-state index in [1.54, 1.807) is 24.3 Å². The molecule has 4 aromatic rings. The number of aromatic nitrogens is 3. The smallest absolute Gasteiger partial charge is 0.417 e. The maximum absolute atomic E-state index is 13.0. The van der Waals surface area contributed by atoms with Gasteiger partial charge in [0.2, 0.25) is 0 Å². The first-order valence-electron chi connectivity index (χ1n) is 9.78. The van der Waals surface area contributed by atoms with Crippen LogP contribution in [0.1, 0.15) is 32.9 Å². The van der Waals surface area contributed by atoms with E-state index in [0.29, 0.717) is 17.9 Å². The highest BCUT2D eigenvalue weighted by Crippen LogP contribution is 2.29. The van der Waals surface area contributed by atoms with Crippen LogP contribution in [0.2, 0.25) is 0 Å². The van der Waals surface area contributed by atoms with Gasteiger partial charge in [-0.25, -0.2) is 0 Å². The summed E-state index contributed by atoms with van der Waals surface area (Å²) >= 11 is 0. The minimum absolute atomic E-state index is 0.104. The lowest BCUT2D eigenvalue weighted by Gasteiger charge is -2.12. The monoisotopic (exact) mass is 440 g/mol. The molecular formula is C23H19F3N4O2. The van der Waals surface area contributed by atoms with E-state index < -0.39 is 17.6 Å². The fourth-order valence-corrected chi connectivity index (χ4v) is 3.22. The summed E-state index contributed by atoms with van der Waals surface area (Å²) in [6.45, 7) is 2.17. The summed E-state index contributed by atoms with van der Waals surface area (Å²) in [5, 5.41) is 10.4. The maximum atomic E-state index is 13.0. The molecule has 0 radical (unpaired) electrons. The topological polar surface area (TPSA) is 68.5 Å². The molecule has 164 valence electrons. The van der Waals surface area contributed by atoms with Crippen molar-refractivity contribution in [1.82, 2.24) is 19.9 Å². The van der Waals surface area contributed by atoms with Crippen molar-refractivity contribution < 1.29 is 22.7 Å². The van der Waals surface area contributed by atoms with E-state index in [4.69, 9.17) is 4.74 Å². The second kappa shape index (κ2) is 8.70. The quantitative estimate of drug-likeness (QED) is 0.477. The van der Waals surface area contributed by atoms with Crippen LogP contribution in [0.5, 0.6) is 5.75 Å². The Morgan fingerprint density at radius 3 is 2.66 bits per heavy atom. The lowest BCUT2D eigenvalue weighted by molar-refractivity contribution is -0.137. The number of para-hydroxylation sites is 1. The molecule has 1 N–H and O–H groups in total. The van der Waals surface area contributed by atoms with E-state index in [1.807, 2.05) is 31.2 Å². The van der Waals surface area contributed by atoms with Gasteiger partial charge >= 0.3 is 6.18 Å². The normalized spacial score (nSPS) is 11.5. The predicted molar refractivity (Wildman–Crippen MR) is 111 cm³/mol. The standard InChI is InChI=1S/C23H19F3N4O2/c1-15-5-4-6-16(11-15)14-32-19-8-3-2-7-18(19)22(31)27-12-21-29-28-20-10-9-17(13-30(20)21)23(24,25)26/h2-11,13H,12,14H2,1H3,(H,27,31). The van der Waals surface area contributed by atoms with Gasteiger partial charge in [0.15, 0.2) is 11.5 Å². The highest BCUT2D eigenvalue weighted by molar-refractivity contribution is 5.96. The highest BCUT2D eigenvalue weighted by atomic mass is 19.4. The van der Waals surface area contributed by atoms with Crippen LogP contribution in [0.25, 0.3) is 5.65 Å². The van der Waals surface area contributed by atoms with Crippen molar-refractivity contribution in [3.63, 3.8) is 0 Å². The molecule has 1 amide bonds. The zero-order valence-electron chi connectivity index (χ0n) is 17.1. The third kappa shape index (κ3) is 4.72. The molecule has 0 aliphatic carbocycles. The van der Waals surface area contributed by atoms with Crippen molar-refractivity contribution in [2.75, 3.05) is 0 Å². The molecule has 0 spiro atoms. The largest absolute Gasteiger partial charge is 0.488 e. The summed E-state index contributed by atoms with van der Waals surface area (Å²) in [6, 6.07) is 16.8. The van der Waals surface area contributed by atoms with Crippen LogP contribution < -0.4 is 10.1 Å². The first-order valence-corrected chi connectivity index (χ1v) is 9.78. The number of halogens is 3. The first kappa shape index (κ1) is 21.4. The number of alkyl halides is 3. The van der Waals surface area contributed by atoms with Gasteiger partial charge in [-0.15, -0.1) is 10.2 Å². The van der Waals surface area contributed by atoms with Gasteiger partial charge in [0.1, 0.15) is 12.4 Å². The zero-order chi connectivity index (χ0) is 22.7. The number of hydrogen-bond donors (Lipinski definition) is 1. The zero-order valence-corrected chi connectivity index (χ0v) is 17.1. The molecule has 2 aromatic carbocycles. The number of rotatable bonds is 6. The van der Waals surface area contributed by atoms with Crippen LogP contribution in [0.15, 0.2) is 66.9 Å². The number of nitrogens with one attached hydrogen (secondary N) is 1. The van der Waals surface area contributed by atoms with Gasteiger partial charge in [-0.1, -0.05) is 42.0 Å². The van der Waals surface area contributed by atoms with Gasteiger partial charge in [-0.2, -0.15) is 13.2 Å². The van der Waals surface area contributed by atoms with E-state index in [2.05, 4.69) is 15.5 Å². The van der Waals surface area contributed by atoms with Crippen LogP contribution in [-0.4, -0.2) is 20.5 Å². The minimum atomic E-state index is -4.49. The molecule has 2 heterocycles. The maximum Gasteiger partial charge on any atom is 0.417 e. The average Bonchev–Trinajstić information content (AvgIpc) is 3.18. The number of nitrogens with zero attached hydrogens (tertiary/aromatic N) is 3. The van der Waals surface area contributed by atoms with Crippen molar-refractivity contribution in [3.8, 4) is 5.75 Å². The van der Waals surface area contributed by atoms with Crippen LogP contribution in [0.3, 0.4) is 0 Å². The molecule has 0 saturated carbocycles. The SMILES string of the molecule is Cc1cccc(COc2ccccc2C(=O)NCc2nnc3ccc(C(F)(F)F)cn23)c1. The number of hydrogen-bond acceptors (Lipinski definition) is 4. The summed E-state index contributed by atoms with van der Waals surface area (Å²) in [6.07, 6.45) is -3.58. The van der Waals surface area contributed by atoms with E-state index in [-0.39, 0.29) is 18.0 Å². The van der Waals surface area contributed by atoms with Gasteiger partial charge in [-0.3, -0.25) is 9.20 Å². The van der Waals surface area contributed by atoms with Crippen molar-refractivity contribution in [1.29, 1.82) is 0 Å². The fourth-order valence-electron chi connectivity index (χ4n) is 3.22. The Labute approximate surface area is 181 Å². The number of aryl methyl sites for hydroxylation is 1. The Hall–Kier alpha value is -3.88. The van der Waals surface area contributed by atoms with Crippen molar-refractivity contribution in [2.45, 2.75) is 26.3 Å². The van der Waals surface area contributed by atoms with Crippen LogP contribution in [-0.2, 0) is 19.3 Å². The molecule has 0 saturated heterocycles. The molecule has 6 nitrogen and oxygen atoms in total. The number of carbonyl (C=O) groups is 1. The third-order valence-electron chi connectivity index (χ3n) is 4.82. The molecule has 4 rings (SSSR count). The fraction of sp³-hybridized carbons (Fsp3) is 0.174. The number of fused-ring (bicyclic) bond motifs is 1. The Bertz CT molecular complexity index is 1270. The van der Waals surface area contributed by atoms with Crippen LogP contribution in [0, 0.1) is 6.92 Å². The summed E-state index contributed by atoms with van der Waals surface area (Å²) in [5.41, 5.74) is 1.81. The summed E-state index contributed by atoms with van der Waals surface area (Å²) < 4.78 is 46.1. The second-order valence-electron chi connectivity index (χ2n) is 7.22. The van der Waals surface area contributed by atoms with Crippen LogP contribution >= 0.6 is 0 Å². The third-order valence-corrected chi connectivity index (χ3v) is 4.82. The number of benzene rings is 2. The predicted octanol–water partition coefficient (Wildman–Crippen LogP) is 4.57. The Balaban J connectivity index is 1.48. The number of carbonyl (C=O) groups excluding carboxylic acids is 1.